The smallest absolute Gasteiger partial charge is 0.000780 e. The molecule has 20 heavy (non-hydrogen) atoms. The van der Waals surface area contributed by atoms with E-state index in [0.717, 1.165) is 18.4 Å². The molecule has 1 rings (SSSR count). The first kappa shape index (κ1) is 18.0. The van der Waals surface area contributed by atoms with Crippen LogP contribution in [-0.2, 0) is 0 Å². The largest absolute Gasteiger partial charge is 0.316 e. The molecule has 0 aromatic heterocycles. The summed E-state index contributed by atoms with van der Waals surface area (Å²) in [6, 6.07) is 0. The summed E-state index contributed by atoms with van der Waals surface area (Å²) >= 11 is 0. The number of rotatable bonds is 10. The Bertz CT molecular complexity index is 224. The van der Waals surface area contributed by atoms with Crippen LogP contribution in [0.1, 0.15) is 91.9 Å². The fraction of sp³-hybridized carbons (Fsp3) is 1.00. The molecule has 120 valence electrons. The lowest BCUT2D eigenvalue weighted by Crippen LogP contribution is -2.39. The van der Waals surface area contributed by atoms with Crippen molar-refractivity contribution in [2.75, 3.05) is 13.1 Å². The van der Waals surface area contributed by atoms with Gasteiger partial charge in [0.1, 0.15) is 0 Å². The Hall–Kier alpha value is -0.0400. The van der Waals surface area contributed by atoms with Gasteiger partial charge in [0.2, 0.25) is 0 Å². The molecule has 0 aliphatic heterocycles. The standard InChI is InChI=1S/C19H39N/c1-5-9-10-18-11-13-19(14-12-18,16-20-8-4)15-17(6-2)7-3/h17-18,20H,5-16H2,1-4H3. The van der Waals surface area contributed by atoms with Crippen LogP contribution in [0.3, 0.4) is 0 Å². The lowest BCUT2D eigenvalue weighted by Gasteiger charge is -2.42. The van der Waals surface area contributed by atoms with E-state index in [0.29, 0.717) is 5.41 Å². The van der Waals surface area contributed by atoms with Crippen molar-refractivity contribution in [3.8, 4) is 0 Å². The maximum Gasteiger partial charge on any atom is 0.000780 e. The van der Waals surface area contributed by atoms with Crippen LogP contribution in [0.25, 0.3) is 0 Å². The average molecular weight is 282 g/mol. The monoisotopic (exact) mass is 281 g/mol. The van der Waals surface area contributed by atoms with E-state index in [1.165, 1.54) is 70.8 Å². The number of hydrogen-bond acceptors (Lipinski definition) is 1. The van der Waals surface area contributed by atoms with Gasteiger partial charge in [-0.25, -0.2) is 0 Å². The third-order valence-corrected chi connectivity index (χ3v) is 5.76. The predicted molar refractivity (Wildman–Crippen MR) is 91.1 cm³/mol. The normalized spacial score (nSPS) is 27.1. The predicted octanol–water partition coefficient (Wildman–Crippen LogP) is 5.79. The van der Waals surface area contributed by atoms with Crippen molar-refractivity contribution in [2.24, 2.45) is 17.3 Å². The number of hydrogen-bond donors (Lipinski definition) is 1. The molecular formula is C19H39N. The lowest BCUT2D eigenvalue weighted by molar-refractivity contribution is 0.104. The zero-order valence-corrected chi connectivity index (χ0v) is 14.6. The Morgan fingerprint density at radius 3 is 2.20 bits per heavy atom. The summed E-state index contributed by atoms with van der Waals surface area (Å²) < 4.78 is 0. The molecule has 0 unspecified atom stereocenters. The fourth-order valence-corrected chi connectivity index (χ4v) is 4.10. The summed E-state index contributed by atoms with van der Waals surface area (Å²) in [5.74, 6) is 1.98. The van der Waals surface area contributed by atoms with Gasteiger partial charge in [0.25, 0.3) is 0 Å². The van der Waals surface area contributed by atoms with Crippen molar-refractivity contribution < 1.29 is 0 Å². The summed E-state index contributed by atoms with van der Waals surface area (Å²) in [6.45, 7) is 11.7. The van der Waals surface area contributed by atoms with Crippen LogP contribution in [0.15, 0.2) is 0 Å². The van der Waals surface area contributed by atoms with Crippen molar-refractivity contribution in [2.45, 2.75) is 91.9 Å². The van der Waals surface area contributed by atoms with Gasteiger partial charge in [-0.2, -0.15) is 0 Å². The highest BCUT2D eigenvalue weighted by atomic mass is 14.9. The van der Waals surface area contributed by atoms with E-state index in [2.05, 4.69) is 33.0 Å². The van der Waals surface area contributed by atoms with Gasteiger partial charge in [0, 0.05) is 6.54 Å². The zero-order chi connectivity index (χ0) is 14.8. The van der Waals surface area contributed by atoms with E-state index in [9.17, 15) is 0 Å². The first-order chi connectivity index (χ1) is 9.69. The summed E-state index contributed by atoms with van der Waals surface area (Å²) in [7, 11) is 0. The van der Waals surface area contributed by atoms with E-state index < -0.39 is 0 Å². The second-order valence-electron chi connectivity index (χ2n) is 7.25. The molecule has 0 atom stereocenters. The first-order valence-electron chi connectivity index (χ1n) is 9.40. The van der Waals surface area contributed by atoms with Gasteiger partial charge in [-0.05, 0) is 55.9 Å². The quantitative estimate of drug-likeness (QED) is 0.534. The van der Waals surface area contributed by atoms with Crippen molar-refractivity contribution >= 4 is 0 Å². The zero-order valence-electron chi connectivity index (χ0n) is 14.6. The second kappa shape index (κ2) is 9.82. The fourth-order valence-electron chi connectivity index (χ4n) is 4.10. The van der Waals surface area contributed by atoms with Gasteiger partial charge in [-0.15, -0.1) is 0 Å². The minimum atomic E-state index is 0.620. The van der Waals surface area contributed by atoms with E-state index in [-0.39, 0.29) is 0 Å². The van der Waals surface area contributed by atoms with Crippen molar-refractivity contribution in [1.82, 2.24) is 5.32 Å². The minimum absolute atomic E-state index is 0.620. The van der Waals surface area contributed by atoms with Gasteiger partial charge >= 0.3 is 0 Å². The molecule has 1 aliphatic carbocycles. The summed E-state index contributed by atoms with van der Waals surface area (Å²) in [4.78, 5) is 0. The average Bonchev–Trinajstić information content (AvgIpc) is 2.50. The Labute approximate surface area is 128 Å². The van der Waals surface area contributed by atoms with Crippen LogP contribution >= 0.6 is 0 Å². The Kier molecular flexibility index (Phi) is 8.84. The molecule has 1 saturated carbocycles. The van der Waals surface area contributed by atoms with Crippen LogP contribution in [0.4, 0.5) is 0 Å². The summed E-state index contributed by atoms with van der Waals surface area (Å²) in [6.07, 6.45) is 14.4. The van der Waals surface area contributed by atoms with Crippen molar-refractivity contribution in [3.63, 3.8) is 0 Å². The molecule has 1 N–H and O–H groups in total. The van der Waals surface area contributed by atoms with Gasteiger partial charge in [-0.1, -0.05) is 59.8 Å². The highest BCUT2D eigenvalue weighted by molar-refractivity contribution is 4.89. The van der Waals surface area contributed by atoms with Crippen LogP contribution in [0.5, 0.6) is 0 Å². The highest BCUT2D eigenvalue weighted by Gasteiger charge is 2.35. The summed E-state index contributed by atoms with van der Waals surface area (Å²) in [5, 5.41) is 3.67. The first-order valence-corrected chi connectivity index (χ1v) is 9.40. The lowest BCUT2D eigenvalue weighted by atomic mass is 9.65. The van der Waals surface area contributed by atoms with Crippen LogP contribution in [0.2, 0.25) is 0 Å². The van der Waals surface area contributed by atoms with Gasteiger partial charge in [0.05, 0.1) is 0 Å². The maximum atomic E-state index is 3.67. The molecule has 0 aromatic carbocycles. The van der Waals surface area contributed by atoms with Crippen LogP contribution in [0, 0.1) is 17.3 Å². The second-order valence-corrected chi connectivity index (χ2v) is 7.25. The molecule has 0 radical (unpaired) electrons. The highest BCUT2D eigenvalue weighted by Crippen LogP contribution is 2.45. The molecule has 0 heterocycles. The van der Waals surface area contributed by atoms with Crippen LogP contribution in [-0.4, -0.2) is 13.1 Å². The van der Waals surface area contributed by atoms with Gasteiger partial charge in [0.15, 0.2) is 0 Å². The van der Waals surface area contributed by atoms with Gasteiger partial charge in [-0.3, -0.25) is 0 Å². The molecule has 0 aromatic rings. The molecule has 0 saturated heterocycles. The van der Waals surface area contributed by atoms with E-state index in [1.54, 1.807) is 0 Å². The number of unbranched alkanes of at least 4 members (excludes halogenated alkanes) is 1. The number of nitrogens with one attached hydrogen (secondary N) is 1. The molecule has 1 aliphatic rings. The molecule has 1 nitrogen and oxygen atoms in total. The Morgan fingerprint density at radius 2 is 1.70 bits per heavy atom. The molecule has 0 bridgehead atoms. The summed E-state index contributed by atoms with van der Waals surface area (Å²) in [5.41, 5.74) is 0.620. The minimum Gasteiger partial charge on any atom is -0.316 e. The van der Waals surface area contributed by atoms with E-state index in [1.807, 2.05) is 0 Å². The third-order valence-electron chi connectivity index (χ3n) is 5.76. The Morgan fingerprint density at radius 1 is 1.05 bits per heavy atom. The molecule has 0 amide bonds. The molecule has 1 heteroatoms. The van der Waals surface area contributed by atoms with Crippen molar-refractivity contribution in [3.05, 3.63) is 0 Å². The van der Waals surface area contributed by atoms with Gasteiger partial charge < -0.3 is 5.32 Å². The molecule has 0 spiro atoms. The third kappa shape index (κ3) is 5.76. The SMILES string of the molecule is CCCCC1CCC(CNCC)(CC(CC)CC)CC1. The van der Waals surface area contributed by atoms with E-state index in [4.69, 9.17) is 0 Å². The van der Waals surface area contributed by atoms with Crippen LogP contribution < -0.4 is 5.32 Å². The topological polar surface area (TPSA) is 12.0 Å². The Balaban J connectivity index is 2.53. The van der Waals surface area contributed by atoms with E-state index >= 15 is 0 Å². The maximum absolute atomic E-state index is 3.67. The molecule has 1 fully saturated rings. The molecular weight excluding hydrogens is 242 g/mol. The van der Waals surface area contributed by atoms with Crippen molar-refractivity contribution in [1.29, 1.82) is 0 Å².